The first-order valence-electron chi connectivity index (χ1n) is 6.84. The van der Waals surface area contributed by atoms with Crippen LogP contribution in [0, 0.1) is 6.92 Å². The number of nitrogens with one attached hydrogen (secondary N) is 1. The summed E-state index contributed by atoms with van der Waals surface area (Å²) in [7, 11) is -3.82. The Morgan fingerprint density at radius 3 is 2.39 bits per heavy atom. The van der Waals surface area contributed by atoms with Gasteiger partial charge in [0.15, 0.2) is 0 Å². The number of sulfonamides is 1. The van der Waals surface area contributed by atoms with Gasteiger partial charge in [-0.25, -0.2) is 13.6 Å². The third kappa shape index (κ3) is 4.57. The molecular weight excluding hydrogens is 332 g/mol. The molecule has 0 aliphatic heterocycles. The van der Waals surface area contributed by atoms with E-state index in [0.717, 1.165) is 11.3 Å². The fraction of sp³-hybridized carbons (Fsp3) is 0.188. The Balaban J connectivity index is 2.20. The van der Waals surface area contributed by atoms with Gasteiger partial charge < -0.3 is 5.32 Å². The van der Waals surface area contributed by atoms with E-state index in [2.05, 4.69) is 5.32 Å². The minimum Gasteiger partial charge on any atom is -0.322 e. The van der Waals surface area contributed by atoms with Crippen molar-refractivity contribution in [3.63, 3.8) is 0 Å². The monoisotopic (exact) mass is 350 g/mol. The molecule has 7 heteroatoms. The maximum Gasteiger partial charge on any atom is 0.255 e. The summed E-state index contributed by atoms with van der Waals surface area (Å²) < 4.78 is 23.0. The number of nitrogens with two attached hydrogens (primary N) is 1. The molecule has 2 aromatic carbocycles. The van der Waals surface area contributed by atoms with Gasteiger partial charge in [-0.05, 0) is 48.6 Å². The standard InChI is InChI=1S/C16H18N2O3S2/c1-11-3-8-14(9-15(11)23(17,20)21)18-16(19)13-6-4-12(5-7-13)10-22-2/h3-9H,10H2,1-2H3,(H,18,19)(H2,17,20,21). The number of primary sulfonamides is 1. The zero-order valence-corrected chi connectivity index (χ0v) is 14.5. The smallest absolute Gasteiger partial charge is 0.255 e. The van der Waals surface area contributed by atoms with Gasteiger partial charge in [0.1, 0.15) is 0 Å². The van der Waals surface area contributed by atoms with Gasteiger partial charge in [0.2, 0.25) is 10.0 Å². The maximum atomic E-state index is 12.2. The summed E-state index contributed by atoms with van der Waals surface area (Å²) in [4.78, 5) is 12.2. The molecule has 2 aromatic rings. The molecule has 0 aromatic heterocycles. The Hall–Kier alpha value is -1.83. The SMILES string of the molecule is CSCc1ccc(C(=O)Nc2ccc(C)c(S(N)(=O)=O)c2)cc1. The van der Waals surface area contributed by atoms with Crippen LogP contribution in [0.1, 0.15) is 21.5 Å². The number of carbonyl (C=O) groups excluding carboxylic acids is 1. The van der Waals surface area contributed by atoms with Gasteiger partial charge in [-0.3, -0.25) is 4.79 Å². The van der Waals surface area contributed by atoms with Gasteiger partial charge in [0.25, 0.3) is 5.91 Å². The molecule has 0 spiro atoms. The van der Waals surface area contributed by atoms with E-state index >= 15 is 0 Å². The lowest BCUT2D eigenvalue weighted by Gasteiger charge is -2.09. The van der Waals surface area contributed by atoms with Crippen molar-refractivity contribution in [2.24, 2.45) is 5.14 Å². The fourth-order valence-corrected chi connectivity index (χ4v) is 3.44. The number of benzene rings is 2. The van der Waals surface area contributed by atoms with Gasteiger partial charge in [-0.1, -0.05) is 18.2 Å². The highest BCUT2D eigenvalue weighted by Gasteiger charge is 2.13. The number of carbonyl (C=O) groups is 1. The van der Waals surface area contributed by atoms with E-state index in [-0.39, 0.29) is 10.8 Å². The van der Waals surface area contributed by atoms with Crippen molar-refractivity contribution < 1.29 is 13.2 Å². The summed E-state index contributed by atoms with van der Waals surface area (Å²) in [5.41, 5.74) is 2.57. The summed E-state index contributed by atoms with van der Waals surface area (Å²) in [6, 6.07) is 11.9. The van der Waals surface area contributed by atoms with Gasteiger partial charge in [0, 0.05) is 17.0 Å². The third-order valence-corrected chi connectivity index (χ3v) is 4.95. The first kappa shape index (κ1) is 17.5. The number of aryl methyl sites for hydroxylation is 1. The van der Waals surface area contributed by atoms with Crippen molar-refractivity contribution in [1.29, 1.82) is 0 Å². The number of hydrogen-bond donors (Lipinski definition) is 2. The van der Waals surface area contributed by atoms with E-state index in [0.29, 0.717) is 16.8 Å². The van der Waals surface area contributed by atoms with Gasteiger partial charge in [-0.2, -0.15) is 11.8 Å². The molecule has 0 unspecified atom stereocenters. The second-order valence-corrected chi connectivity index (χ2v) is 7.51. The van der Waals surface area contributed by atoms with E-state index in [4.69, 9.17) is 5.14 Å². The molecular formula is C16H18N2O3S2. The van der Waals surface area contributed by atoms with E-state index in [9.17, 15) is 13.2 Å². The summed E-state index contributed by atoms with van der Waals surface area (Å²) in [5.74, 6) is 0.585. The predicted molar refractivity (Wildman–Crippen MR) is 94.2 cm³/mol. The molecule has 0 radical (unpaired) electrons. The molecule has 3 N–H and O–H groups in total. The van der Waals surface area contributed by atoms with Crippen LogP contribution in [0.5, 0.6) is 0 Å². The van der Waals surface area contributed by atoms with E-state index < -0.39 is 10.0 Å². The Morgan fingerprint density at radius 2 is 1.83 bits per heavy atom. The average Bonchev–Trinajstić information content (AvgIpc) is 2.49. The van der Waals surface area contributed by atoms with Crippen molar-refractivity contribution >= 4 is 33.4 Å². The van der Waals surface area contributed by atoms with E-state index in [1.807, 2.05) is 18.4 Å². The Kier molecular flexibility index (Phi) is 5.46. The zero-order chi connectivity index (χ0) is 17.0. The lowest BCUT2D eigenvalue weighted by molar-refractivity contribution is 0.102. The Morgan fingerprint density at radius 1 is 1.17 bits per heavy atom. The van der Waals surface area contributed by atoms with Crippen LogP contribution in [0.3, 0.4) is 0 Å². The second-order valence-electron chi connectivity index (χ2n) is 5.11. The number of rotatable bonds is 5. The quantitative estimate of drug-likeness (QED) is 0.868. The van der Waals surface area contributed by atoms with Crippen molar-refractivity contribution in [3.8, 4) is 0 Å². The van der Waals surface area contributed by atoms with Crippen LogP contribution in [0.25, 0.3) is 0 Å². The zero-order valence-electron chi connectivity index (χ0n) is 12.9. The average molecular weight is 350 g/mol. The molecule has 1 amide bonds. The van der Waals surface area contributed by atoms with Crippen LogP contribution in [0.15, 0.2) is 47.4 Å². The fourth-order valence-electron chi connectivity index (χ4n) is 2.11. The minimum absolute atomic E-state index is 0.00520. The number of amides is 1. The molecule has 0 bridgehead atoms. The molecule has 0 atom stereocenters. The first-order valence-corrected chi connectivity index (χ1v) is 9.78. The lowest BCUT2D eigenvalue weighted by Crippen LogP contribution is -2.16. The van der Waals surface area contributed by atoms with Crippen LogP contribution < -0.4 is 10.5 Å². The Bertz CT molecular complexity index is 816. The Labute approximate surface area is 140 Å². The van der Waals surface area contributed by atoms with Crippen LogP contribution >= 0.6 is 11.8 Å². The number of hydrogen-bond acceptors (Lipinski definition) is 4. The van der Waals surface area contributed by atoms with E-state index in [1.54, 1.807) is 43.0 Å². The third-order valence-electron chi connectivity index (χ3n) is 3.28. The topological polar surface area (TPSA) is 89.3 Å². The molecule has 2 rings (SSSR count). The van der Waals surface area contributed by atoms with Gasteiger partial charge >= 0.3 is 0 Å². The maximum absolute atomic E-state index is 12.2. The highest BCUT2D eigenvalue weighted by atomic mass is 32.2. The van der Waals surface area contributed by atoms with Crippen molar-refractivity contribution in [2.45, 2.75) is 17.6 Å². The van der Waals surface area contributed by atoms with Crippen molar-refractivity contribution in [1.82, 2.24) is 0 Å². The molecule has 0 aliphatic rings. The highest BCUT2D eigenvalue weighted by molar-refractivity contribution is 7.97. The second kappa shape index (κ2) is 7.16. The number of thioether (sulfide) groups is 1. The van der Waals surface area contributed by atoms with Gasteiger partial charge in [0.05, 0.1) is 4.90 Å². The first-order chi connectivity index (χ1) is 10.8. The summed E-state index contributed by atoms with van der Waals surface area (Å²) in [6.45, 7) is 1.65. The summed E-state index contributed by atoms with van der Waals surface area (Å²) in [5, 5.41) is 7.86. The van der Waals surface area contributed by atoms with Gasteiger partial charge in [-0.15, -0.1) is 0 Å². The molecule has 0 fully saturated rings. The molecule has 0 saturated carbocycles. The predicted octanol–water partition coefficient (Wildman–Crippen LogP) is 2.76. The highest BCUT2D eigenvalue weighted by Crippen LogP contribution is 2.20. The van der Waals surface area contributed by atoms with Crippen molar-refractivity contribution in [2.75, 3.05) is 11.6 Å². The van der Waals surface area contributed by atoms with Crippen molar-refractivity contribution in [3.05, 3.63) is 59.2 Å². The van der Waals surface area contributed by atoms with Crippen LogP contribution in [0.4, 0.5) is 5.69 Å². The lowest BCUT2D eigenvalue weighted by atomic mass is 10.1. The van der Waals surface area contributed by atoms with Crippen LogP contribution in [-0.4, -0.2) is 20.6 Å². The molecule has 122 valence electrons. The number of anilines is 1. The molecule has 0 saturated heterocycles. The minimum atomic E-state index is -3.82. The molecule has 0 aliphatic carbocycles. The summed E-state index contributed by atoms with van der Waals surface area (Å²) in [6.07, 6.45) is 2.01. The summed E-state index contributed by atoms with van der Waals surface area (Å²) >= 11 is 1.71. The molecule has 23 heavy (non-hydrogen) atoms. The van der Waals surface area contributed by atoms with Crippen LogP contribution in [-0.2, 0) is 15.8 Å². The van der Waals surface area contributed by atoms with Crippen LogP contribution in [0.2, 0.25) is 0 Å². The van der Waals surface area contributed by atoms with E-state index in [1.165, 1.54) is 6.07 Å². The largest absolute Gasteiger partial charge is 0.322 e. The normalized spacial score (nSPS) is 11.3. The molecule has 0 heterocycles. The molecule has 5 nitrogen and oxygen atoms in total.